The Hall–Kier alpha value is -2.90. The first-order valence-electron chi connectivity index (χ1n) is 8.59. The Bertz CT molecular complexity index is 832. The fourth-order valence-electron chi connectivity index (χ4n) is 3.38. The van der Waals surface area contributed by atoms with Crippen molar-refractivity contribution in [2.75, 3.05) is 18.4 Å². The molecule has 26 heavy (non-hydrogen) atoms. The summed E-state index contributed by atoms with van der Waals surface area (Å²) in [5, 5.41) is 16.2. The molecule has 3 rings (SSSR count). The number of hydrogen-bond acceptors (Lipinski definition) is 4. The zero-order valence-electron chi connectivity index (χ0n) is 15.1. The molecule has 138 valence electrons. The summed E-state index contributed by atoms with van der Waals surface area (Å²) in [5.41, 5.74) is 2.70. The number of anilines is 1. The van der Waals surface area contributed by atoms with Crippen LogP contribution in [0.15, 0.2) is 24.5 Å². The lowest BCUT2D eigenvalue weighted by Gasteiger charge is -2.34. The zero-order valence-corrected chi connectivity index (χ0v) is 15.1. The van der Waals surface area contributed by atoms with E-state index >= 15 is 0 Å². The first-order valence-corrected chi connectivity index (χ1v) is 8.59. The molecule has 2 N–H and O–H groups in total. The van der Waals surface area contributed by atoms with E-state index < -0.39 is 11.9 Å². The van der Waals surface area contributed by atoms with Gasteiger partial charge in [0.05, 0.1) is 12.1 Å². The number of piperidine rings is 1. The molecule has 0 spiro atoms. The molecule has 8 nitrogen and oxygen atoms in total. The molecule has 2 atom stereocenters. The second kappa shape index (κ2) is 7.15. The van der Waals surface area contributed by atoms with Gasteiger partial charge in [-0.25, -0.2) is 9.78 Å². The number of likely N-dealkylation sites (tertiary alicyclic amines) is 1. The third-order valence-electron chi connectivity index (χ3n) is 4.63. The number of aryl methyl sites for hydroxylation is 2. The molecule has 2 aromatic rings. The highest BCUT2D eigenvalue weighted by Gasteiger charge is 2.32. The Morgan fingerprint density at radius 1 is 1.31 bits per heavy atom. The van der Waals surface area contributed by atoms with Crippen LogP contribution >= 0.6 is 0 Å². The van der Waals surface area contributed by atoms with Crippen molar-refractivity contribution in [2.24, 2.45) is 18.9 Å². The maximum Gasteiger partial charge on any atom is 0.323 e. The lowest BCUT2D eigenvalue weighted by molar-refractivity contribution is -0.143. The number of aromatic nitrogens is 3. The molecule has 1 saturated heterocycles. The van der Waals surface area contributed by atoms with Gasteiger partial charge in [0, 0.05) is 43.2 Å². The van der Waals surface area contributed by atoms with Gasteiger partial charge in [-0.3, -0.25) is 14.8 Å². The minimum absolute atomic E-state index is 0.151. The van der Waals surface area contributed by atoms with Crippen molar-refractivity contribution < 1.29 is 14.7 Å². The average molecular weight is 357 g/mol. The number of nitrogens with one attached hydrogen (secondary N) is 1. The van der Waals surface area contributed by atoms with E-state index in [1.807, 2.05) is 33.2 Å². The summed E-state index contributed by atoms with van der Waals surface area (Å²) < 4.78 is 1.72. The summed E-state index contributed by atoms with van der Waals surface area (Å²) in [6, 6.07) is 3.33. The predicted octanol–water partition coefficient (Wildman–Crippen LogP) is 2.37. The number of carboxylic acids is 1. The van der Waals surface area contributed by atoms with E-state index in [4.69, 9.17) is 0 Å². The summed E-state index contributed by atoms with van der Waals surface area (Å²) in [5.74, 6) is -0.778. The van der Waals surface area contributed by atoms with Gasteiger partial charge in [-0.05, 0) is 31.4 Å². The number of nitrogens with zero attached hydrogens (tertiary/aromatic N) is 4. The first kappa shape index (κ1) is 17.9. The Morgan fingerprint density at radius 2 is 2.08 bits per heavy atom. The van der Waals surface area contributed by atoms with Crippen molar-refractivity contribution in [3.8, 4) is 11.1 Å². The molecule has 0 aromatic carbocycles. The Kier molecular flexibility index (Phi) is 4.92. The van der Waals surface area contributed by atoms with Gasteiger partial charge in [0.25, 0.3) is 0 Å². The van der Waals surface area contributed by atoms with E-state index in [2.05, 4.69) is 15.4 Å². The van der Waals surface area contributed by atoms with E-state index in [1.54, 1.807) is 21.8 Å². The van der Waals surface area contributed by atoms with Crippen LogP contribution < -0.4 is 5.32 Å². The van der Waals surface area contributed by atoms with Gasteiger partial charge in [-0.1, -0.05) is 6.92 Å². The Balaban J connectivity index is 1.71. The number of carboxylic acid groups (broad SMARTS) is 1. The Morgan fingerprint density at radius 3 is 2.69 bits per heavy atom. The van der Waals surface area contributed by atoms with E-state index in [1.165, 1.54) is 0 Å². The smallest absolute Gasteiger partial charge is 0.323 e. The summed E-state index contributed by atoms with van der Waals surface area (Å²) in [4.78, 5) is 29.8. The molecular weight excluding hydrogens is 334 g/mol. The molecule has 0 aliphatic carbocycles. The monoisotopic (exact) mass is 357 g/mol. The number of pyridine rings is 1. The van der Waals surface area contributed by atoms with Gasteiger partial charge in [0.1, 0.15) is 5.82 Å². The zero-order chi connectivity index (χ0) is 18.8. The first-order chi connectivity index (χ1) is 12.3. The second-order valence-electron chi connectivity index (χ2n) is 6.94. The molecule has 3 heterocycles. The van der Waals surface area contributed by atoms with Gasteiger partial charge in [0.2, 0.25) is 0 Å². The minimum atomic E-state index is -0.857. The molecule has 0 bridgehead atoms. The molecule has 1 fully saturated rings. The van der Waals surface area contributed by atoms with Crippen LogP contribution in [0.1, 0.15) is 19.0 Å². The van der Waals surface area contributed by atoms with Gasteiger partial charge in [-0.2, -0.15) is 5.10 Å². The van der Waals surface area contributed by atoms with Gasteiger partial charge < -0.3 is 10.0 Å². The second-order valence-corrected chi connectivity index (χ2v) is 6.94. The molecule has 2 amide bonds. The number of rotatable bonds is 3. The van der Waals surface area contributed by atoms with Gasteiger partial charge in [-0.15, -0.1) is 0 Å². The highest BCUT2D eigenvalue weighted by atomic mass is 16.4. The third kappa shape index (κ3) is 3.84. The summed E-state index contributed by atoms with van der Waals surface area (Å²) >= 11 is 0. The highest BCUT2D eigenvalue weighted by Crippen LogP contribution is 2.24. The van der Waals surface area contributed by atoms with E-state index in [0.29, 0.717) is 18.8 Å². The normalized spacial score (nSPS) is 20.0. The molecule has 8 heteroatoms. The predicted molar refractivity (Wildman–Crippen MR) is 96.7 cm³/mol. The van der Waals surface area contributed by atoms with Crippen molar-refractivity contribution in [2.45, 2.75) is 20.3 Å². The van der Waals surface area contributed by atoms with Crippen molar-refractivity contribution >= 4 is 17.8 Å². The molecular formula is C18H23N5O3. The van der Waals surface area contributed by atoms with Crippen molar-refractivity contribution in [1.29, 1.82) is 0 Å². The van der Waals surface area contributed by atoms with Crippen LogP contribution in [0.2, 0.25) is 0 Å². The standard InChI is InChI=1S/C18H23N5O3/c1-11-6-13(17(24)25)10-23(8-11)18(26)21-16-5-4-15(12(2)20-16)14-7-19-22(3)9-14/h4-5,7,9,11,13H,6,8,10H2,1-3H3,(H,24,25)(H,20,21,26). The van der Waals surface area contributed by atoms with Crippen LogP contribution in [-0.4, -0.2) is 49.9 Å². The SMILES string of the molecule is Cc1nc(NC(=O)N2CC(C)CC(C(=O)O)C2)ccc1-c1cnn(C)c1. The molecule has 1 aliphatic rings. The molecule has 2 unspecified atom stereocenters. The quantitative estimate of drug-likeness (QED) is 0.878. The van der Waals surface area contributed by atoms with Crippen molar-refractivity contribution in [3.63, 3.8) is 0 Å². The third-order valence-corrected chi connectivity index (χ3v) is 4.63. The van der Waals surface area contributed by atoms with E-state index in [-0.39, 0.29) is 18.5 Å². The summed E-state index contributed by atoms with van der Waals surface area (Å²) in [7, 11) is 1.85. The largest absolute Gasteiger partial charge is 0.481 e. The van der Waals surface area contributed by atoms with Crippen LogP contribution in [0.5, 0.6) is 0 Å². The Labute approximate surface area is 151 Å². The van der Waals surface area contributed by atoms with Crippen LogP contribution in [-0.2, 0) is 11.8 Å². The van der Waals surface area contributed by atoms with Crippen LogP contribution in [0.4, 0.5) is 10.6 Å². The van der Waals surface area contributed by atoms with E-state index in [9.17, 15) is 14.7 Å². The molecule has 0 radical (unpaired) electrons. The fraction of sp³-hybridized carbons (Fsp3) is 0.444. The number of carbonyl (C=O) groups excluding carboxylic acids is 1. The number of aliphatic carboxylic acids is 1. The average Bonchev–Trinajstić information content (AvgIpc) is 3.00. The lowest BCUT2D eigenvalue weighted by Crippen LogP contribution is -2.47. The van der Waals surface area contributed by atoms with Gasteiger partial charge in [0.15, 0.2) is 0 Å². The van der Waals surface area contributed by atoms with Crippen LogP contribution in [0.3, 0.4) is 0 Å². The van der Waals surface area contributed by atoms with Gasteiger partial charge >= 0.3 is 12.0 Å². The molecule has 0 saturated carbocycles. The van der Waals surface area contributed by atoms with Crippen molar-refractivity contribution in [3.05, 3.63) is 30.2 Å². The topological polar surface area (TPSA) is 100 Å². The maximum absolute atomic E-state index is 12.5. The van der Waals surface area contributed by atoms with Crippen LogP contribution in [0.25, 0.3) is 11.1 Å². The number of hydrogen-bond donors (Lipinski definition) is 2. The summed E-state index contributed by atoms with van der Waals surface area (Å²) in [6.07, 6.45) is 4.27. The number of carbonyl (C=O) groups is 2. The van der Waals surface area contributed by atoms with Crippen molar-refractivity contribution in [1.82, 2.24) is 19.7 Å². The maximum atomic E-state index is 12.5. The molecule has 2 aromatic heterocycles. The van der Waals surface area contributed by atoms with E-state index in [0.717, 1.165) is 16.8 Å². The number of urea groups is 1. The fourth-order valence-corrected chi connectivity index (χ4v) is 3.38. The van der Waals surface area contributed by atoms with Crippen LogP contribution in [0, 0.1) is 18.8 Å². The summed E-state index contributed by atoms with van der Waals surface area (Å²) in [6.45, 7) is 4.60. The minimum Gasteiger partial charge on any atom is -0.481 e. The highest BCUT2D eigenvalue weighted by molar-refractivity contribution is 5.89. The molecule has 1 aliphatic heterocycles. The number of amides is 2. The lowest BCUT2D eigenvalue weighted by atomic mass is 9.91.